The molecule has 17 heavy (non-hydrogen) atoms. The molecule has 0 bridgehead atoms. The smallest absolute Gasteiger partial charge is 0.139 e. The third kappa shape index (κ3) is 3.25. The van der Waals surface area contributed by atoms with Crippen molar-refractivity contribution in [2.75, 3.05) is 13.7 Å². The highest BCUT2D eigenvalue weighted by Gasteiger charge is 2.15. The molecule has 0 saturated carbocycles. The topological polar surface area (TPSA) is 35.0 Å². The summed E-state index contributed by atoms with van der Waals surface area (Å²) in [6.07, 6.45) is 0.784. The van der Waals surface area contributed by atoms with Gasteiger partial charge >= 0.3 is 0 Å². The third-order valence-corrected chi connectivity index (χ3v) is 3.95. The number of benzene rings is 1. The summed E-state index contributed by atoms with van der Waals surface area (Å²) in [4.78, 5) is 0. The second kappa shape index (κ2) is 6.10. The molecule has 3 nitrogen and oxygen atoms in total. The first-order chi connectivity index (χ1) is 8.31. The summed E-state index contributed by atoms with van der Waals surface area (Å²) in [6, 6.07) is 9.90. The molecule has 0 amide bonds. The Morgan fingerprint density at radius 2 is 2.06 bits per heavy atom. The summed E-state index contributed by atoms with van der Waals surface area (Å²) in [6.45, 7) is 0.660. The molecule has 5 heteroatoms. The Morgan fingerprint density at radius 1 is 1.29 bits per heavy atom. The molecule has 90 valence electrons. The SMILES string of the molecule is COCCc1nnc(C(Cl)c2ccccc2)s1. The number of alkyl halides is 1. The van der Waals surface area contributed by atoms with E-state index in [2.05, 4.69) is 10.2 Å². The van der Waals surface area contributed by atoms with Gasteiger partial charge in [-0.3, -0.25) is 0 Å². The van der Waals surface area contributed by atoms with Gasteiger partial charge in [-0.25, -0.2) is 0 Å². The predicted molar refractivity (Wildman–Crippen MR) is 69.6 cm³/mol. The molecule has 1 unspecified atom stereocenters. The fourth-order valence-electron chi connectivity index (χ4n) is 1.42. The number of aromatic nitrogens is 2. The fraction of sp³-hybridized carbons (Fsp3) is 0.333. The van der Waals surface area contributed by atoms with Gasteiger partial charge < -0.3 is 4.74 Å². The Bertz CT molecular complexity index is 461. The van der Waals surface area contributed by atoms with E-state index in [-0.39, 0.29) is 5.38 Å². The second-order valence-electron chi connectivity index (χ2n) is 3.55. The first-order valence-corrected chi connectivity index (χ1v) is 6.57. The minimum absolute atomic E-state index is 0.218. The lowest BCUT2D eigenvalue weighted by Crippen LogP contribution is -1.93. The minimum atomic E-state index is -0.218. The molecular formula is C12H13ClN2OS. The van der Waals surface area contributed by atoms with Crippen molar-refractivity contribution in [3.05, 3.63) is 45.9 Å². The molecule has 0 spiro atoms. The molecule has 1 atom stereocenters. The molecule has 0 saturated heterocycles. The lowest BCUT2D eigenvalue weighted by molar-refractivity contribution is 0.202. The summed E-state index contributed by atoms with van der Waals surface area (Å²) < 4.78 is 5.01. The average Bonchev–Trinajstić information content (AvgIpc) is 2.85. The summed E-state index contributed by atoms with van der Waals surface area (Å²) >= 11 is 7.90. The number of nitrogens with zero attached hydrogens (tertiary/aromatic N) is 2. The summed E-state index contributed by atoms with van der Waals surface area (Å²) in [7, 11) is 1.68. The van der Waals surface area contributed by atoms with Crippen LogP contribution < -0.4 is 0 Å². The molecule has 2 rings (SSSR count). The van der Waals surface area contributed by atoms with Gasteiger partial charge in [0, 0.05) is 13.5 Å². The van der Waals surface area contributed by atoms with Crippen LogP contribution in [0.25, 0.3) is 0 Å². The van der Waals surface area contributed by atoms with Gasteiger partial charge in [0.05, 0.1) is 6.61 Å². The van der Waals surface area contributed by atoms with Gasteiger partial charge in [0.1, 0.15) is 15.4 Å². The van der Waals surface area contributed by atoms with Crippen LogP contribution in [0.5, 0.6) is 0 Å². The highest BCUT2D eigenvalue weighted by Crippen LogP contribution is 2.30. The summed E-state index contributed by atoms with van der Waals surface area (Å²) in [5.41, 5.74) is 1.05. The van der Waals surface area contributed by atoms with Gasteiger partial charge in [-0.2, -0.15) is 0 Å². The lowest BCUT2D eigenvalue weighted by Gasteiger charge is -2.04. The van der Waals surface area contributed by atoms with Crippen LogP contribution in [0.1, 0.15) is 21.0 Å². The predicted octanol–water partition coefficient (Wildman–Crippen LogP) is 3.06. The first-order valence-electron chi connectivity index (χ1n) is 5.31. The standard InChI is InChI=1S/C12H13ClN2OS/c1-16-8-7-10-14-15-12(17-10)11(13)9-5-3-2-4-6-9/h2-6,11H,7-8H2,1H3. The maximum atomic E-state index is 6.36. The summed E-state index contributed by atoms with van der Waals surface area (Å²) in [5, 5.41) is 9.81. The Hall–Kier alpha value is -0.970. The van der Waals surface area contributed by atoms with Crippen molar-refractivity contribution in [1.29, 1.82) is 0 Å². The van der Waals surface area contributed by atoms with Gasteiger partial charge in [0.15, 0.2) is 0 Å². The fourth-order valence-corrected chi connectivity index (χ4v) is 2.58. The van der Waals surface area contributed by atoms with Gasteiger partial charge in [-0.15, -0.1) is 21.8 Å². The van der Waals surface area contributed by atoms with Gasteiger partial charge in [0.25, 0.3) is 0 Å². The highest BCUT2D eigenvalue weighted by atomic mass is 35.5. The Kier molecular flexibility index (Phi) is 4.48. The normalized spacial score (nSPS) is 12.6. The molecule has 0 radical (unpaired) electrons. The van der Waals surface area contributed by atoms with Crippen LogP contribution in [-0.2, 0) is 11.2 Å². The minimum Gasteiger partial charge on any atom is -0.384 e. The number of hydrogen-bond donors (Lipinski definition) is 0. The van der Waals surface area contributed by atoms with Crippen LogP contribution in [0, 0.1) is 0 Å². The molecule has 0 fully saturated rings. The number of rotatable bonds is 5. The molecule has 0 aliphatic heterocycles. The zero-order valence-corrected chi connectivity index (χ0v) is 11.0. The maximum Gasteiger partial charge on any atom is 0.139 e. The number of halogens is 1. The van der Waals surface area contributed by atoms with Crippen molar-refractivity contribution < 1.29 is 4.74 Å². The maximum absolute atomic E-state index is 6.36. The number of ether oxygens (including phenoxy) is 1. The Morgan fingerprint density at radius 3 is 2.76 bits per heavy atom. The quantitative estimate of drug-likeness (QED) is 0.782. The van der Waals surface area contributed by atoms with E-state index >= 15 is 0 Å². The number of methoxy groups -OCH3 is 1. The molecule has 1 aromatic carbocycles. The van der Waals surface area contributed by atoms with Crippen LogP contribution in [0.4, 0.5) is 0 Å². The van der Waals surface area contributed by atoms with Crippen molar-refractivity contribution in [2.45, 2.75) is 11.8 Å². The van der Waals surface area contributed by atoms with Crippen LogP contribution in [-0.4, -0.2) is 23.9 Å². The van der Waals surface area contributed by atoms with E-state index in [9.17, 15) is 0 Å². The zero-order valence-electron chi connectivity index (χ0n) is 9.47. The van der Waals surface area contributed by atoms with E-state index in [0.717, 1.165) is 22.0 Å². The zero-order chi connectivity index (χ0) is 12.1. The van der Waals surface area contributed by atoms with Gasteiger partial charge in [-0.1, -0.05) is 41.7 Å². The van der Waals surface area contributed by atoms with E-state index < -0.39 is 0 Å². The van der Waals surface area contributed by atoms with E-state index in [1.54, 1.807) is 18.4 Å². The first kappa shape index (κ1) is 12.5. The van der Waals surface area contributed by atoms with Crippen molar-refractivity contribution in [3.8, 4) is 0 Å². The lowest BCUT2D eigenvalue weighted by atomic mass is 10.1. The van der Waals surface area contributed by atoms with E-state index in [1.807, 2.05) is 30.3 Å². The van der Waals surface area contributed by atoms with Crippen LogP contribution in [0.2, 0.25) is 0 Å². The number of hydrogen-bond acceptors (Lipinski definition) is 4. The highest BCUT2D eigenvalue weighted by molar-refractivity contribution is 7.11. The van der Waals surface area contributed by atoms with Gasteiger partial charge in [-0.05, 0) is 5.56 Å². The average molecular weight is 269 g/mol. The Labute approximate surface area is 109 Å². The van der Waals surface area contributed by atoms with Crippen molar-refractivity contribution in [1.82, 2.24) is 10.2 Å². The summed E-state index contributed by atoms with van der Waals surface area (Å²) in [5.74, 6) is 0. The molecule has 1 aromatic heterocycles. The molecule has 1 heterocycles. The van der Waals surface area contributed by atoms with Crippen molar-refractivity contribution in [2.24, 2.45) is 0 Å². The third-order valence-electron chi connectivity index (χ3n) is 2.31. The molecule has 0 aliphatic carbocycles. The van der Waals surface area contributed by atoms with E-state index in [1.165, 1.54) is 0 Å². The molecule has 0 aliphatic rings. The van der Waals surface area contributed by atoms with Crippen LogP contribution in [0.15, 0.2) is 30.3 Å². The molecule has 0 N–H and O–H groups in total. The largest absolute Gasteiger partial charge is 0.384 e. The molecule has 2 aromatic rings. The van der Waals surface area contributed by atoms with Crippen molar-refractivity contribution in [3.63, 3.8) is 0 Å². The second-order valence-corrected chi connectivity index (χ2v) is 5.08. The van der Waals surface area contributed by atoms with Gasteiger partial charge in [0.2, 0.25) is 0 Å². The molecular weight excluding hydrogens is 256 g/mol. The van der Waals surface area contributed by atoms with Crippen molar-refractivity contribution >= 4 is 22.9 Å². The Balaban J connectivity index is 2.09. The van der Waals surface area contributed by atoms with E-state index in [0.29, 0.717) is 6.61 Å². The van der Waals surface area contributed by atoms with E-state index in [4.69, 9.17) is 16.3 Å². The van der Waals surface area contributed by atoms with Crippen LogP contribution >= 0.6 is 22.9 Å². The van der Waals surface area contributed by atoms with Crippen LogP contribution in [0.3, 0.4) is 0 Å². The monoisotopic (exact) mass is 268 g/mol.